The Kier molecular flexibility index (Phi) is 4.33. The minimum absolute atomic E-state index is 0.155. The van der Waals surface area contributed by atoms with E-state index in [-0.39, 0.29) is 17.2 Å². The number of carbonyl (C=O) groups is 1. The van der Waals surface area contributed by atoms with E-state index in [1.165, 1.54) is 6.07 Å². The summed E-state index contributed by atoms with van der Waals surface area (Å²) >= 11 is 0. The maximum atomic E-state index is 12.0. The fourth-order valence-corrected chi connectivity index (χ4v) is 2.18. The molecule has 0 radical (unpaired) electrons. The van der Waals surface area contributed by atoms with Crippen molar-refractivity contribution in [2.24, 2.45) is 0 Å². The minimum Gasteiger partial charge on any atom is -0.355 e. The van der Waals surface area contributed by atoms with Crippen LogP contribution in [0.4, 0.5) is 0 Å². The van der Waals surface area contributed by atoms with E-state index in [1.54, 1.807) is 18.3 Å². The number of rotatable bonds is 5. The number of pyridine rings is 1. The number of aromatic amines is 1. The second-order valence-electron chi connectivity index (χ2n) is 5.01. The molecule has 2 aromatic heterocycles. The van der Waals surface area contributed by atoms with Crippen LogP contribution in [0.2, 0.25) is 0 Å². The zero-order valence-electron chi connectivity index (χ0n) is 12.3. The molecular weight excluding hydrogens is 294 g/mol. The summed E-state index contributed by atoms with van der Waals surface area (Å²) in [7, 11) is 0. The van der Waals surface area contributed by atoms with Gasteiger partial charge >= 0.3 is 0 Å². The molecule has 6 nitrogen and oxygen atoms in total. The molecule has 0 atom stereocenters. The number of hydrogen-bond acceptors (Lipinski definition) is 4. The highest BCUT2D eigenvalue weighted by Crippen LogP contribution is 2.19. The van der Waals surface area contributed by atoms with Crippen LogP contribution in [0.3, 0.4) is 0 Å². The summed E-state index contributed by atoms with van der Waals surface area (Å²) in [5.74, 6) is 0.242. The first-order chi connectivity index (χ1) is 11.2. The largest absolute Gasteiger partial charge is 0.355 e. The van der Waals surface area contributed by atoms with Gasteiger partial charge in [-0.3, -0.25) is 9.59 Å². The molecule has 0 aliphatic rings. The number of nitrogens with one attached hydrogen (secondary N) is 2. The molecule has 0 spiro atoms. The molecule has 1 amide bonds. The van der Waals surface area contributed by atoms with Gasteiger partial charge in [0.05, 0.1) is 0 Å². The van der Waals surface area contributed by atoms with Gasteiger partial charge in [-0.15, -0.1) is 0 Å². The fourth-order valence-electron chi connectivity index (χ4n) is 2.18. The molecule has 0 saturated heterocycles. The van der Waals surface area contributed by atoms with Gasteiger partial charge in [-0.25, -0.2) is 0 Å². The average molecular weight is 309 g/mol. The van der Waals surface area contributed by atoms with Crippen molar-refractivity contribution in [1.29, 1.82) is 0 Å². The van der Waals surface area contributed by atoms with E-state index in [1.807, 2.05) is 30.3 Å². The summed E-state index contributed by atoms with van der Waals surface area (Å²) < 4.78 is 5.20. The Hall–Kier alpha value is -3.15. The standard InChI is InChI=1S/C17H15N3O3/c21-16-10-12(6-8-18-16)7-9-19-17(22)14-11-15(23-20-14)13-4-2-1-3-5-13/h1-6,8,10-11H,7,9H2,(H,18,21)(H,19,22). The van der Waals surface area contributed by atoms with Crippen LogP contribution in [0.25, 0.3) is 11.3 Å². The lowest BCUT2D eigenvalue weighted by atomic mass is 10.1. The lowest BCUT2D eigenvalue weighted by Gasteiger charge is -2.02. The molecule has 3 rings (SSSR count). The first kappa shape index (κ1) is 14.8. The third-order valence-corrected chi connectivity index (χ3v) is 3.34. The fraction of sp³-hybridized carbons (Fsp3) is 0.118. The van der Waals surface area contributed by atoms with Crippen LogP contribution < -0.4 is 10.9 Å². The third kappa shape index (κ3) is 3.74. The smallest absolute Gasteiger partial charge is 0.273 e. The van der Waals surface area contributed by atoms with Crippen LogP contribution in [-0.4, -0.2) is 22.6 Å². The highest BCUT2D eigenvalue weighted by atomic mass is 16.5. The van der Waals surface area contributed by atoms with Crippen molar-refractivity contribution in [3.8, 4) is 11.3 Å². The molecule has 0 unspecified atom stereocenters. The van der Waals surface area contributed by atoms with Crippen LogP contribution in [0.15, 0.2) is 64.0 Å². The summed E-state index contributed by atoms with van der Waals surface area (Å²) in [5, 5.41) is 6.55. The van der Waals surface area contributed by atoms with Gasteiger partial charge in [-0.2, -0.15) is 0 Å². The van der Waals surface area contributed by atoms with E-state index in [0.717, 1.165) is 11.1 Å². The van der Waals surface area contributed by atoms with Crippen molar-refractivity contribution in [1.82, 2.24) is 15.5 Å². The molecule has 23 heavy (non-hydrogen) atoms. The van der Waals surface area contributed by atoms with Gasteiger partial charge in [0.2, 0.25) is 5.56 Å². The van der Waals surface area contributed by atoms with Crippen molar-refractivity contribution in [3.05, 3.63) is 76.3 Å². The van der Waals surface area contributed by atoms with Crippen molar-refractivity contribution in [2.45, 2.75) is 6.42 Å². The minimum atomic E-state index is -0.305. The highest BCUT2D eigenvalue weighted by Gasteiger charge is 2.13. The first-order valence-corrected chi connectivity index (χ1v) is 7.20. The Morgan fingerprint density at radius 3 is 2.78 bits per heavy atom. The summed E-state index contributed by atoms with van der Waals surface area (Å²) in [5.41, 5.74) is 1.80. The lowest BCUT2D eigenvalue weighted by Crippen LogP contribution is -2.26. The molecular formula is C17H15N3O3. The van der Waals surface area contributed by atoms with Gasteiger partial charge in [0.25, 0.3) is 5.91 Å². The van der Waals surface area contributed by atoms with E-state index in [0.29, 0.717) is 18.7 Å². The number of aromatic nitrogens is 2. The maximum Gasteiger partial charge on any atom is 0.273 e. The zero-order chi connectivity index (χ0) is 16.1. The first-order valence-electron chi connectivity index (χ1n) is 7.20. The number of amides is 1. The molecule has 116 valence electrons. The van der Waals surface area contributed by atoms with E-state index in [2.05, 4.69) is 15.5 Å². The number of H-pyrrole nitrogens is 1. The Balaban J connectivity index is 1.59. The Bertz CT molecular complexity index is 853. The van der Waals surface area contributed by atoms with Gasteiger partial charge in [-0.05, 0) is 18.1 Å². The van der Waals surface area contributed by atoms with Crippen molar-refractivity contribution in [3.63, 3.8) is 0 Å². The van der Waals surface area contributed by atoms with Crippen LogP contribution >= 0.6 is 0 Å². The molecule has 0 bridgehead atoms. The Labute approximate surface area is 132 Å². The maximum absolute atomic E-state index is 12.0. The highest BCUT2D eigenvalue weighted by molar-refractivity contribution is 5.93. The third-order valence-electron chi connectivity index (χ3n) is 3.34. The molecule has 3 aromatic rings. The summed E-state index contributed by atoms with van der Waals surface area (Å²) in [4.78, 5) is 25.8. The van der Waals surface area contributed by atoms with Crippen LogP contribution in [0.5, 0.6) is 0 Å². The second kappa shape index (κ2) is 6.74. The Morgan fingerprint density at radius 2 is 2.00 bits per heavy atom. The van der Waals surface area contributed by atoms with Crippen molar-refractivity contribution in [2.75, 3.05) is 6.54 Å². The number of hydrogen-bond donors (Lipinski definition) is 2. The predicted octanol–water partition coefficient (Wildman–Crippen LogP) is 2.00. The van der Waals surface area contributed by atoms with Gasteiger partial charge in [0, 0.05) is 30.4 Å². The number of nitrogens with zero attached hydrogens (tertiary/aromatic N) is 1. The molecule has 0 aliphatic heterocycles. The molecule has 6 heteroatoms. The number of benzene rings is 1. The van der Waals surface area contributed by atoms with Gasteiger partial charge in [-0.1, -0.05) is 35.5 Å². The zero-order valence-corrected chi connectivity index (χ0v) is 12.3. The monoisotopic (exact) mass is 309 g/mol. The van der Waals surface area contributed by atoms with E-state index in [9.17, 15) is 9.59 Å². The lowest BCUT2D eigenvalue weighted by molar-refractivity contribution is 0.0945. The molecule has 2 heterocycles. The SMILES string of the molecule is O=C(NCCc1cc[nH]c(=O)c1)c1cc(-c2ccccc2)on1. The topological polar surface area (TPSA) is 88.0 Å². The van der Waals surface area contributed by atoms with E-state index in [4.69, 9.17) is 4.52 Å². The molecule has 0 fully saturated rings. The van der Waals surface area contributed by atoms with Crippen LogP contribution in [0.1, 0.15) is 16.1 Å². The predicted molar refractivity (Wildman–Crippen MR) is 85.0 cm³/mol. The van der Waals surface area contributed by atoms with E-state index < -0.39 is 0 Å². The molecule has 2 N–H and O–H groups in total. The Morgan fingerprint density at radius 1 is 1.17 bits per heavy atom. The summed E-state index contributed by atoms with van der Waals surface area (Å²) in [6.07, 6.45) is 2.16. The van der Waals surface area contributed by atoms with Gasteiger partial charge in [0.1, 0.15) is 0 Å². The number of carbonyl (C=O) groups excluding carboxylic acids is 1. The summed E-state index contributed by atoms with van der Waals surface area (Å²) in [6, 6.07) is 14.4. The summed E-state index contributed by atoms with van der Waals surface area (Å²) in [6.45, 7) is 0.413. The quantitative estimate of drug-likeness (QED) is 0.754. The molecule has 0 saturated carbocycles. The van der Waals surface area contributed by atoms with Gasteiger partial charge in [0.15, 0.2) is 11.5 Å². The average Bonchev–Trinajstić information content (AvgIpc) is 3.06. The van der Waals surface area contributed by atoms with Crippen LogP contribution in [-0.2, 0) is 6.42 Å². The van der Waals surface area contributed by atoms with E-state index >= 15 is 0 Å². The second-order valence-corrected chi connectivity index (χ2v) is 5.01. The van der Waals surface area contributed by atoms with Crippen molar-refractivity contribution < 1.29 is 9.32 Å². The van der Waals surface area contributed by atoms with Crippen LogP contribution in [0, 0.1) is 0 Å². The van der Waals surface area contributed by atoms with Crippen molar-refractivity contribution >= 4 is 5.91 Å². The molecule has 1 aromatic carbocycles. The van der Waals surface area contributed by atoms with Gasteiger partial charge < -0.3 is 14.8 Å². The normalized spacial score (nSPS) is 10.4. The molecule has 0 aliphatic carbocycles.